The van der Waals surface area contributed by atoms with Crippen molar-refractivity contribution in [3.05, 3.63) is 102 Å². The Morgan fingerprint density at radius 1 is 0.906 bits per heavy atom. The van der Waals surface area contributed by atoms with Gasteiger partial charge in [-0.3, -0.25) is 9.59 Å². The van der Waals surface area contributed by atoms with Crippen molar-refractivity contribution in [1.82, 2.24) is 10.2 Å². The summed E-state index contributed by atoms with van der Waals surface area (Å²) in [5.41, 5.74) is 3.07. The van der Waals surface area contributed by atoms with Crippen LogP contribution in [0.3, 0.4) is 0 Å². The van der Waals surface area contributed by atoms with Crippen molar-refractivity contribution >= 4 is 11.8 Å². The van der Waals surface area contributed by atoms with Crippen molar-refractivity contribution in [2.24, 2.45) is 0 Å². The van der Waals surface area contributed by atoms with Crippen LogP contribution in [0.4, 0.5) is 0 Å². The van der Waals surface area contributed by atoms with Crippen LogP contribution in [0, 0.1) is 6.92 Å². The maximum absolute atomic E-state index is 13.4. The monoisotopic (exact) mass is 430 g/mol. The van der Waals surface area contributed by atoms with Crippen molar-refractivity contribution in [2.45, 2.75) is 32.9 Å². The number of para-hydroxylation sites is 1. The number of carbonyl (C=O) groups excluding carboxylic acids is 2. The summed E-state index contributed by atoms with van der Waals surface area (Å²) in [6.45, 7) is 4.58. The van der Waals surface area contributed by atoms with Gasteiger partial charge in [0.1, 0.15) is 11.8 Å². The van der Waals surface area contributed by atoms with Crippen LogP contribution in [-0.4, -0.2) is 35.9 Å². The highest BCUT2D eigenvalue weighted by Crippen LogP contribution is 2.18. The molecule has 0 fully saturated rings. The number of benzene rings is 3. The molecule has 0 radical (unpaired) electrons. The van der Waals surface area contributed by atoms with E-state index in [0.717, 1.165) is 16.7 Å². The first-order valence-electron chi connectivity index (χ1n) is 10.9. The lowest BCUT2D eigenvalue weighted by Crippen LogP contribution is -2.51. The lowest BCUT2D eigenvalue weighted by molar-refractivity contribution is -0.142. The number of ether oxygens (including phenoxy) is 1. The second-order valence-electron chi connectivity index (χ2n) is 7.65. The van der Waals surface area contributed by atoms with Crippen molar-refractivity contribution in [1.29, 1.82) is 0 Å². The Hall–Kier alpha value is -3.60. The summed E-state index contributed by atoms with van der Waals surface area (Å²) in [5, 5.41) is 2.90. The van der Waals surface area contributed by atoms with Crippen LogP contribution in [-0.2, 0) is 22.6 Å². The molecule has 0 aliphatic rings. The molecule has 5 nitrogen and oxygen atoms in total. The summed E-state index contributed by atoms with van der Waals surface area (Å²) >= 11 is 0. The Morgan fingerprint density at radius 3 is 2.19 bits per heavy atom. The van der Waals surface area contributed by atoms with Crippen molar-refractivity contribution in [3.8, 4) is 5.75 Å². The molecular formula is C27H30N2O3. The standard InChI is InChI=1S/C27H30N2O3/c1-3-28-27(31)25(18-22-13-6-4-7-14-22)29(19-23-15-11-10-12-21(23)2)26(30)20-32-24-16-8-5-9-17-24/h4-17,25H,3,18-20H2,1-2H3,(H,28,31). The van der Waals surface area contributed by atoms with E-state index in [0.29, 0.717) is 25.3 Å². The Kier molecular flexibility index (Phi) is 8.44. The number of nitrogens with one attached hydrogen (secondary N) is 1. The molecule has 166 valence electrons. The Labute approximate surface area is 190 Å². The molecule has 3 aromatic rings. The van der Waals surface area contributed by atoms with Gasteiger partial charge in [0, 0.05) is 19.5 Å². The minimum Gasteiger partial charge on any atom is -0.484 e. The Morgan fingerprint density at radius 2 is 1.53 bits per heavy atom. The predicted molar refractivity (Wildman–Crippen MR) is 126 cm³/mol. The molecule has 0 aliphatic heterocycles. The third kappa shape index (κ3) is 6.45. The minimum absolute atomic E-state index is 0.138. The summed E-state index contributed by atoms with van der Waals surface area (Å²) in [5.74, 6) is 0.219. The molecule has 0 heterocycles. The number of rotatable bonds is 10. The normalized spacial score (nSPS) is 11.4. The number of amides is 2. The topological polar surface area (TPSA) is 58.6 Å². The summed E-state index contributed by atoms with van der Waals surface area (Å²) in [6.07, 6.45) is 0.426. The highest BCUT2D eigenvalue weighted by molar-refractivity contribution is 5.88. The van der Waals surface area contributed by atoms with Gasteiger partial charge >= 0.3 is 0 Å². The lowest BCUT2D eigenvalue weighted by Gasteiger charge is -2.31. The van der Waals surface area contributed by atoms with Crippen LogP contribution < -0.4 is 10.1 Å². The maximum atomic E-state index is 13.4. The zero-order valence-corrected chi connectivity index (χ0v) is 18.7. The molecule has 5 heteroatoms. The molecule has 0 saturated carbocycles. The molecule has 0 aromatic heterocycles. The largest absolute Gasteiger partial charge is 0.484 e. The van der Waals surface area contributed by atoms with E-state index in [1.807, 2.05) is 98.8 Å². The van der Waals surface area contributed by atoms with E-state index in [1.165, 1.54) is 0 Å². The van der Waals surface area contributed by atoms with Crippen molar-refractivity contribution in [2.75, 3.05) is 13.2 Å². The van der Waals surface area contributed by atoms with Gasteiger partial charge in [0.05, 0.1) is 0 Å². The third-order valence-electron chi connectivity index (χ3n) is 5.33. The van der Waals surface area contributed by atoms with Crippen LogP contribution in [0.2, 0.25) is 0 Å². The van der Waals surface area contributed by atoms with Gasteiger partial charge in [0.2, 0.25) is 5.91 Å². The van der Waals surface area contributed by atoms with Gasteiger partial charge in [-0.1, -0.05) is 72.8 Å². The van der Waals surface area contributed by atoms with Crippen LogP contribution in [0.15, 0.2) is 84.9 Å². The van der Waals surface area contributed by atoms with Gasteiger partial charge in [-0.25, -0.2) is 0 Å². The smallest absolute Gasteiger partial charge is 0.261 e. The van der Waals surface area contributed by atoms with Gasteiger partial charge in [-0.15, -0.1) is 0 Å². The second kappa shape index (κ2) is 11.7. The van der Waals surface area contributed by atoms with Gasteiger partial charge in [-0.2, -0.15) is 0 Å². The van der Waals surface area contributed by atoms with Gasteiger partial charge < -0.3 is 15.0 Å². The first-order valence-corrected chi connectivity index (χ1v) is 10.9. The number of hydrogen-bond donors (Lipinski definition) is 1. The quantitative estimate of drug-likeness (QED) is 0.526. The molecule has 3 aromatic carbocycles. The van der Waals surface area contributed by atoms with E-state index in [1.54, 1.807) is 4.90 Å². The SMILES string of the molecule is CCNC(=O)C(Cc1ccccc1)N(Cc1ccccc1C)C(=O)COc1ccccc1. The number of carbonyl (C=O) groups is 2. The van der Waals surface area contributed by atoms with E-state index >= 15 is 0 Å². The average molecular weight is 431 g/mol. The second-order valence-corrected chi connectivity index (χ2v) is 7.65. The molecule has 1 unspecified atom stereocenters. The predicted octanol–water partition coefficient (Wildman–Crippen LogP) is 4.15. The molecular weight excluding hydrogens is 400 g/mol. The van der Waals surface area contributed by atoms with E-state index in [4.69, 9.17) is 4.74 Å². The molecule has 3 rings (SSSR count). The molecule has 1 N–H and O–H groups in total. The zero-order valence-electron chi connectivity index (χ0n) is 18.7. The van der Waals surface area contributed by atoms with Crippen LogP contribution in [0.25, 0.3) is 0 Å². The molecule has 2 amide bonds. The van der Waals surface area contributed by atoms with Crippen LogP contribution in [0.1, 0.15) is 23.6 Å². The zero-order chi connectivity index (χ0) is 22.8. The summed E-state index contributed by atoms with van der Waals surface area (Å²) in [7, 11) is 0. The van der Waals surface area contributed by atoms with E-state index < -0.39 is 6.04 Å². The molecule has 0 bridgehead atoms. The fraction of sp³-hybridized carbons (Fsp3) is 0.259. The first-order chi connectivity index (χ1) is 15.6. The fourth-order valence-electron chi connectivity index (χ4n) is 3.56. The average Bonchev–Trinajstić information content (AvgIpc) is 2.82. The van der Waals surface area contributed by atoms with Crippen LogP contribution >= 0.6 is 0 Å². The highest BCUT2D eigenvalue weighted by Gasteiger charge is 2.30. The third-order valence-corrected chi connectivity index (χ3v) is 5.33. The molecule has 32 heavy (non-hydrogen) atoms. The first kappa shape index (κ1) is 23.1. The number of hydrogen-bond acceptors (Lipinski definition) is 3. The summed E-state index contributed by atoms with van der Waals surface area (Å²) in [4.78, 5) is 28.1. The Balaban J connectivity index is 1.89. The van der Waals surface area contributed by atoms with Gasteiger partial charge in [0.25, 0.3) is 5.91 Å². The highest BCUT2D eigenvalue weighted by atomic mass is 16.5. The summed E-state index contributed by atoms with van der Waals surface area (Å²) < 4.78 is 5.73. The Bertz CT molecular complexity index is 1010. The molecule has 0 aliphatic carbocycles. The molecule has 1 atom stereocenters. The van der Waals surface area contributed by atoms with E-state index in [2.05, 4.69) is 5.32 Å². The molecule has 0 spiro atoms. The minimum atomic E-state index is -0.649. The van der Waals surface area contributed by atoms with Crippen LogP contribution in [0.5, 0.6) is 5.75 Å². The lowest BCUT2D eigenvalue weighted by atomic mass is 10.0. The maximum Gasteiger partial charge on any atom is 0.261 e. The number of nitrogens with zero attached hydrogens (tertiary/aromatic N) is 1. The van der Waals surface area contributed by atoms with Crippen molar-refractivity contribution < 1.29 is 14.3 Å². The summed E-state index contributed by atoms with van der Waals surface area (Å²) in [6, 6.07) is 26.3. The fourth-order valence-corrected chi connectivity index (χ4v) is 3.56. The molecule has 0 saturated heterocycles. The number of likely N-dealkylation sites (N-methyl/N-ethyl adjacent to an activating group) is 1. The number of aryl methyl sites for hydroxylation is 1. The van der Waals surface area contributed by atoms with Gasteiger partial charge in [0.15, 0.2) is 6.61 Å². The van der Waals surface area contributed by atoms with Crippen molar-refractivity contribution in [3.63, 3.8) is 0 Å². The van der Waals surface area contributed by atoms with E-state index in [-0.39, 0.29) is 18.4 Å². The van der Waals surface area contributed by atoms with Gasteiger partial charge in [-0.05, 0) is 42.7 Å². The van der Waals surface area contributed by atoms with E-state index in [9.17, 15) is 9.59 Å².